The van der Waals surface area contributed by atoms with E-state index in [1.807, 2.05) is 18.3 Å². The topological polar surface area (TPSA) is 99.9 Å². The first-order valence-corrected chi connectivity index (χ1v) is 10.9. The standard InChI is InChI=1S/C24H21FN6O2/c25-14-1-2-21-17(9-14)18-10-16(29-23(18)24(32)33-21)11-27-15-4-7-31(8-5-15)22-13-28-19-3-6-26-12-20(19)30-22/h1-3,6,9-10,12-13,15,27,29H,4-5,7-8,11H2. The molecule has 8 nitrogen and oxygen atoms in total. The number of hydrogen-bond donors (Lipinski definition) is 2. The average Bonchev–Trinajstić information content (AvgIpc) is 3.29. The molecule has 1 fully saturated rings. The summed E-state index contributed by atoms with van der Waals surface area (Å²) in [6.07, 6.45) is 7.19. The van der Waals surface area contributed by atoms with Crippen molar-refractivity contribution in [3.8, 4) is 0 Å². The van der Waals surface area contributed by atoms with Gasteiger partial charge in [0, 0.05) is 48.3 Å². The number of nitrogens with zero attached hydrogens (tertiary/aromatic N) is 4. The van der Waals surface area contributed by atoms with E-state index in [-0.39, 0.29) is 5.82 Å². The lowest BCUT2D eigenvalue weighted by atomic mass is 10.0. The van der Waals surface area contributed by atoms with E-state index in [1.165, 1.54) is 18.2 Å². The van der Waals surface area contributed by atoms with Gasteiger partial charge >= 0.3 is 5.63 Å². The summed E-state index contributed by atoms with van der Waals surface area (Å²) in [5, 5.41) is 4.84. The van der Waals surface area contributed by atoms with Gasteiger partial charge in [-0.1, -0.05) is 0 Å². The van der Waals surface area contributed by atoms with Gasteiger partial charge in [0.05, 0.1) is 17.9 Å². The summed E-state index contributed by atoms with van der Waals surface area (Å²) in [4.78, 5) is 31.0. The van der Waals surface area contributed by atoms with Crippen molar-refractivity contribution in [1.82, 2.24) is 25.3 Å². The number of hydrogen-bond acceptors (Lipinski definition) is 7. The maximum Gasteiger partial charge on any atom is 0.360 e. The monoisotopic (exact) mass is 444 g/mol. The van der Waals surface area contributed by atoms with Crippen molar-refractivity contribution < 1.29 is 8.81 Å². The lowest BCUT2D eigenvalue weighted by molar-refractivity contribution is 0.411. The van der Waals surface area contributed by atoms with Gasteiger partial charge in [0.25, 0.3) is 0 Å². The molecule has 0 spiro atoms. The second kappa shape index (κ2) is 7.93. The molecular formula is C24H21FN6O2. The highest BCUT2D eigenvalue weighted by Crippen LogP contribution is 2.25. The molecule has 33 heavy (non-hydrogen) atoms. The van der Waals surface area contributed by atoms with Crippen molar-refractivity contribution in [3.63, 3.8) is 0 Å². The quantitative estimate of drug-likeness (QED) is 0.409. The van der Waals surface area contributed by atoms with E-state index in [0.29, 0.717) is 34.5 Å². The van der Waals surface area contributed by atoms with Crippen molar-refractivity contribution in [2.45, 2.75) is 25.4 Å². The van der Waals surface area contributed by atoms with Crippen LogP contribution >= 0.6 is 0 Å². The van der Waals surface area contributed by atoms with Crippen molar-refractivity contribution in [3.05, 3.63) is 70.9 Å². The molecule has 1 aliphatic rings. The first-order valence-electron chi connectivity index (χ1n) is 10.9. The van der Waals surface area contributed by atoms with E-state index in [4.69, 9.17) is 9.40 Å². The maximum absolute atomic E-state index is 13.7. The molecule has 1 aromatic carbocycles. The van der Waals surface area contributed by atoms with Gasteiger partial charge in [0.2, 0.25) is 0 Å². The van der Waals surface area contributed by atoms with Crippen LogP contribution in [0.3, 0.4) is 0 Å². The molecule has 0 radical (unpaired) electrons. The van der Waals surface area contributed by atoms with Crippen LogP contribution in [0.2, 0.25) is 0 Å². The molecule has 4 aromatic heterocycles. The molecule has 0 bridgehead atoms. The third kappa shape index (κ3) is 3.70. The number of anilines is 1. The van der Waals surface area contributed by atoms with Gasteiger partial charge in [-0.25, -0.2) is 14.2 Å². The van der Waals surface area contributed by atoms with Crippen LogP contribution in [0.5, 0.6) is 0 Å². The molecule has 0 atom stereocenters. The second-order valence-corrected chi connectivity index (χ2v) is 8.35. The minimum absolute atomic E-state index is 0.341. The van der Waals surface area contributed by atoms with Gasteiger partial charge in [0.15, 0.2) is 0 Å². The van der Waals surface area contributed by atoms with Gasteiger partial charge in [0.1, 0.15) is 28.3 Å². The Morgan fingerprint density at radius 1 is 1.12 bits per heavy atom. The van der Waals surface area contributed by atoms with Crippen LogP contribution in [0.15, 0.2) is 58.1 Å². The molecule has 9 heteroatoms. The Balaban J connectivity index is 1.14. The van der Waals surface area contributed by atoms with E-state index >= 15 is 0 Å². The Bertz CT molecular complexity index is 1540. The number of aromatic amines is 1. The van der Waals surface area contributed by atoms with Gasteiger partial charge in [-0.15, -0.1) is 0 Å². The molecule has 0 amide bonds. The number of pyridine rings is 1. The number of benzene rings is 1. The Kier molecular flexibility index (Phi) is 4.76. The van der Waals surface area contributed by atoms with Gasteiger partial charge in [-0.2, -0.15) is 0 Å². The summed E-state index contributed by atoms with van der Waals surface area (Å²) < 4.78 is 19.1. The first kappa shape index (κ1) is 19.8. The van der Waals surface area contributed by atoms with E-state index < -0.39 is 5.63 Å². The van der Waals surface area contributed by atoms with Crippen LogP contribution < -0.4 is 15.8 Å². The molecule has 0 unspecified atom stereocenters. The molecule has 2 N–H and O–H groups in total. The molecular weight excluding hydrogens is 423 g/mol. The normalized spacial score (nSPS) is 15.1. The van der Waals surface area contributed by atoms with E-state index in [9.17, 15) is 9.18 Å². The number of rotatable bonds is 4. The summed E-state index contributed by atoms with van der Waals surface area (Å²) >= 11 is 0. The van der Waals surface area contributed by atoms with E-state index in [0.717, 1.165) is 48.5 Å². The van der Waals surface area contributed by atoms with Gasteiger partial charge < -0.3 is 19.6 Å². The molecule has 1 saturated heterocycles. The Hall–Kier alpha value is -3.85. The fourth-order valence-electron chi connectivity index (χ4n) is 4.50. The predicted octanol–water partition coefficient (Wildman–Crippen LogP) is 3.51. The molecule has 5 aromatic rings. The van der Waals surface area contributed by atoms with Crippen molar-refractivity contribution in [2.75, 3.05) is 18.0 Å². The van der Waals surface area contributed by atoms with Crippen molar-refractivity contribution in [2.24, 2.45) is 0 Å². The summed E-state index contributed by atoms with van der Waals surface area (Å²) in [5.41, 5.74) is 2.80. The van der Waals surface area contributed by atoms with Gasteiger partial charge in [-0.3, -0.25) is 9.97 Å². The number of piperidine rings is 1. The van der Waals surface area contributed by atoms with Crippen LogP contribution in [0.25, 0.3) is 32.9 Å². The zero-order valence-corrected chi connectivity index (χ0v) is 17.7. The van der Waals surface area contributed by atoms with Gasteiger partial charge in [-0.05, 0) is 43.2 Å². The summed E-state index contributed by atoms with van der Waals surface area (Å²) in [7, 11) is 0. The number of fused-ring (bicyclic) bond motifs is 4. The highest BCUT2D eigenvalue weighted by Gasteiger charge is 2.21. The zero-order valence-electron chi connectivity index (χ0n) is 17.7. The summed E-state index contributed by atoms with van der Waals surface area (Å²) in [6, 6.07) is 8.27. The molecule has 166 valence electrons. The number of halogens is 1. The van der Waals surface area contributed by atoms with Crippen LogP contribution in [0.1, 0.15) is 18.5 Å². The number of H-pyrrole nitrogens is 1. The highest BCUT2D eigenvalue weighted by atomic mass is 19.1. The smallest absolute Gasteiger partial charge is 0.360 e. The average molecular weight is 444 g/mol. The molecule has 0 saturated carbocycles. The summed E-state index contributed by atoms with van der Waals surface area (Å²) in [5.74, 6) is 0.507. The number of nitrogens with one attached hydrogen (secondary N) is 2. The van der Waals surface area contributed by atoms with Crippen LogP contribution in [-0.4, -0.2) is 39.1 Å². The van der Waals surface area contributed by atoms with E-state index in [1.54, 1.807) is 12.4 Å². The lowest BCUT2D eigenvalue weighted by Gasteiger charge is -2.33. The Labute approximate surface area is 187 Å². The third-order valence-electron chi connectivity index (χ3n) is 6.24. The molecule has 5 heterocycles. The predicted molar refractivity (Wildman–Crippen MR) is 124 cm³/mol. The summed E-state index contributed by atoms with van der Waals surface area (Å²) in [6.45, 7) is 2.33. The Morgan fingerprint density at radius 2 is 2.00 bits per heavy atom. The first-order chi connectivity index (χ1) is 16.1. The second-order valence-electron chi connectivity index (χ2n) is 8.35. The highest BCUT2D eigenvalue weighted by molar-refractivity contribution is 6.03. The molecule has 1 aliphatic heterocycles. The minimum atomic E-state index is -0.449. The molecule has 0 aliphatic carbocycles. The largest absolute Gasteiger partial charge is 0.421 e. The maximum atomic E-state index is 13.7. The van der Waals surface area contributed by atoms with Crippen molar-refractivity contribution >= 4 is 38.7 Å². The fraction of sp³-hybridized carbons (Fsp3) is 0.250. The lowest BCUT2D eigenvalue weighted by Crippen LogP contribution is -2.42. The SMILES string of the molecule is O=c1oc2ccc(F)cc2c2cc(CNC3CCN(c4cnc5ccncc5n4)CC3)[nH]c12. The van der Waals surface area contributed by atoms with Crippen molar-refractivity contribution in [1.29, 1.82) is 0 Å². The molecule has 6 rings (SSSR count). The Morgan fingerprint density at radius 3 is 2.88 bits per heavy atom. The fourth-order valence-corrected chi connectivity index (χ4v) is 4.50. The van der Waals surface area contributed by atoms with E-state index in [2.05, 4.69) is 25.2 Å². The third-order valence-corrected chi connectivity index (χ3v) is 6.24. The zero-order chi connectivity index (χ0) is 22.4. The minimum Gasteiger partial charge on any atom is -0.421 e. The number of aromatic nitrogens is 4. The van der Waals surface area contributed by atoms with Crippen LogP contribution in [0.4, 0.5) is 10.2 Å². The van der Waals surface area contributed by atoms with Crippen LogP contribution in [-0.2, 0) is 6.54 Å². The van der Waals surface area contributed by atoms with Crippen LogP contribution in [0, 0.1) is 5.82 Å².